The third-order valence-corrected chi connectivity index (χ3v) is 4.05. The van der Waals surface area contributed by atoms with Crippen molar-refractivity contribution in [2.24, 2.45) is 11.8 Å². The summed E-state index contributed by atoms with van der Waals surface area (Å²) in [7, 11) is 0. The van der Waals surface area contributed by atoms with Crippen LogP contribution in [0.5, 0.6) is 0 Å². The van der Waals surface area contributed by atoms with Gasteiger partial charge in [-0.1, -0.05) is 24.3 Å². The maximum absolute atomic E-state index is 12.4. The molecule has 2 aliphatic rings. The third-order valence-electron chi connectivity index (χ3n) is 4.05. The smallest absolute Gasteiger partial charge is 0.142 e. The van der Waals surface area contributed by atoms with E-state index in [9.17, 15) is 4.79 Å². The molecule has 0 amide bonds. The average molecular weight is 230 g/mol. The Kier molecular flexibility index (Phi) is 2.75. The number of carbonyl (C=O) groups is 1. The first kappa shape index (κ1) is 11.0. The second-order valence-corrected chi connectivity index (χ2v) is 5.35. The molecule has 1 aliphatic carbocycles. The predicted octanol–water partition coefficient (Wildman–Crippen LogP) is 2.40. The Bertz CT molecular complexity index is 413. The molecule has 1 saturated heterocycles. The zero-order chi connectivity index (χ0) is 11.8. The van der Waals surface area contributed by atoms with Gasteiger partial charge in [-0.25, -0.2) is 0 Å². The van der Waals surface area contributed by atoms with E-state index in [1.807, 2.05) is 0 Å². The van der Waals surface area contributed by atoms with Crippen molar-refractivity contribution in [3.05, 3.63) is 35.4 Å². The number of carbonyl (C=O) groups excluding carboxylic acids is 1. The van der Waals surface area contributed by atoms with Gasteiger partial charge >= 0.3 is 0 Å². The van der Waals surface area contributed by atoms with Gasteiger partial charge in [0.1, 0.15) is 5.78 Å². The number of ketones is 1. The van der Waals surface area contributed by atoms with Crippen molar-refractivity contribution in [1.82, 2.24) is 0 Å². The SMILES string of the molecule is CC1CC(C(=O)C2Cc3ccccc3C2)CO1. The Hall–Kier alpha value is -1.15. The number of ether oxygens (including phenoxy) is 1. The number of fused-ring (bicyclic) bond motifs is 1. The Labute approximate surface area is 102 Å². The van der Waals surface area contributed by atoms with Crippen molar-refractivity contribution in [2.75, 3.05) is 6.61 Å². The number of hydrogen-bond donors (Lipinski definition) is 0. The summed E-state index contributed by atoms with van der Waals surface area (Å²) < 4.78 is 5.50. The molecule has 0 radical (unpaired) electrons. The number of benzene rings is 1. The van der Waals surface area contributed by atoms with Crippen LogP contribution in [0.1, 0.15) is 24.5 Å². The Morgan fingerprint density at radius 3 is 2.35 bits per heavy atom. The van der Waals surface area contributed by atoms with Gasteiger partial charge in [0, 0.05) is 11.8 Å². The second kappa shape index (κ2) is 4.26. The highest BCUT2D eigenvalue weighted by Crippen LogP contribution is 2.31. The highest BCUT2D eigenvalue weighted by atomic mass is 16.5. The first-order chi connectivity index (χ1) is 8.24. The van der Waals surface area contributed by atoms with Crippen molar-refractivity contribution in [1.29, 1.82) is 0 Å². The topological polar surface area (TPSA) is 26.3 Å². The summed E-state index contributed by atoms with van der Waals surface area (Å²) in [6, 6.07) is 8.42. The molecule has 2 unspecified atom stereocenters. The molecular weight excluding hydrogens is 212 g/mol. The first-order valence-electron chi connectivity index (χ1n) is 6.46. The highest BCUT2D eigenvalue weighted by molar-refractivity contribution is 5.85. The van der Waals surface area contributed by atoms with E-state index < -0.39 is 0 Å². The lowest BCUT2D eigenvalue weighted by atomic mass is 9.89. The zero-order valence-electron chi connectivity index (χ0n) is 10.2. The molecular formula is C15H18O2. The third kappa shape index (κ3) is 2.02. The summed E-state index contributed by atoms with van der Waals surface area (Å²) >= 11 is 0. The minimum Gasteiger partial charge on any atom is -0.378 e. The van der Waals surface area contributed by atoms with E-state index in [0.29, 0.717) is 12.4 Å². The molecule has 0 spiro atoms. The van der Waals surface area contributed by atoms with Gasteiger partial charge in [-0.05, 0) is 37.3 Å². The van der Waals surface area contributed by atoms with E-state index in [1.165, 1.54) is 11.1 Å². The van der Waals surface area contributed by atoms with Crippen molar-refractivity contribution < 1.29 is 9.53 Å². The number of hydrogen-bond acceptors (Lipinski definition) is 2. The van der Waals surface area contributed by atoms with Crippen molar-refractivity contribution >= 4 is 5.78 Å². The summed E-state index contributed by atoms with van der Waals surface area (Å²) in [6.45, 7) is 2.68. The molecule has 0 saturated carbocycles. The van der Waals surface area contributed by atoms with Crippen LogP contribution in [-0.2, 0) is 22.4 Å². The fraction of sp³-hybridized carbons (Fsp3) is 0.533. The number of rotatable bonds is 2. The maximum Gasteiger partial charge on any atom is 0.142 e. The minimum atomic E-state index is 0.143. The van der Waals surface area contributed by atoms with Crippen LogP contribution in [0.3, 0.4) is 0 Å². The summed E-state index contributed by atoms with van der Waals surface area (Å²) in [6.07, 6.45) is 3.03. The van der Waals surface area contributed by atoms with Gasteiger partial charge in [-0.2, -0.15) is 0 Å². The molecule has 1 fully saturated rings. The van der Waals surface area contributed by atoms with E-state index in [-0.39, 0.29) is 17.9 Å². The van der Waals surface area contributed by atoms with Crippen LogP contribution < -0.4 is 0 Å². The van der Waals surface area contributed by atoms with Crippen LogP contribution in [0.15, 0.2) is 24.3 Å². The molecule has 0 bridgehead atoms. The number of Topliss-reactive ketones (excluding diaryl/α,β-unsaturated/α-hetero) is 1. The quantitative estimate of drug-likeness (QED) is 0.779. The Balaban J connectivity index is 1.70. The van der Waals surface area contributed by atoms with Crippen LogP contribution >= 0.6 is 0 Å². The van der Waals surface area contributed by atoms with Gasteiger partial charge in [0.25, 0.3) is 0 Å². The predicted molar refractivity (Wildman–Crippen MR) is 65.9 cm³/mol. The van der Waals surface area contributed by atoms with Crippen molar-refractivity contribution in [3.63, 3.8) is 0 Å². The van der Waals surface area contributed by atoms with Gasteiger partial charge in [0.15, 0.2) is 0 Å². The normalized spacial score (nSPS) is 28.3. The standard InChI is InChI=1S/C15H18O2/c1-10-6-14(9-17-10)15(16)13-7-11-4-2-3-5-12(11)8-13/h2-5,10,13-14H,6-9H2,1H3. The zero-order valence-corrected chi connectivity index (χ0v) is 10.2. The Morgan fingerprint density at radius 1 is 1.18 bits per heavy atom. The monoisotopic (exact) mass is 230 g/mol. The molecule has 1 aromatic carbocycles. The van der Waals surface area contributed by atoms with Gasteiger partial charge in [0.2, 0.25) is 0 Å². The molecule has 17 heavy (non-hydrogen) atoms. The summed E-state index contributed by atoms with van der Waals surface area (Å²) in [4.78, 5) is 12.4. The Morgan fingerprint density at radius 2 is 1.82 bits per heavy atom. The van der Waals surface area contributed by atoms with Crippen LogP contribution in [0.4, 0.5) is 0 Å². The molecule has 2 heteroatoms. The van der Waals surface area contributed by atoms with Gasteiger partial charge < -0.3 is 4.74 Å². The average Bonchev–Trinajstić information content (AvgIpc) is 2.93. The summed E-state index contributed by atoms with van der Waals surface area (Å²) in [5, 5.41) is 0. The molecule has 0 N–H and O–H groups in total. The molecule has 90 valence electrons. The molecule has 0 aromatic heterocycles. The van der Waals surface area contributed by atoms with Crippen molar-refractivity contribution in [2.45, 2.75) is 32.3 Å². The maximum atomic E-state index is 12.4. The fourth-order valence-corrected chi connectivity index (χ4v) is 3.11. The van der Waals surface area contributed by atoms with E-state index in [1.54, 1.807) is 0 Å². The van der Waals surface area contributed by atoms with E-state index >= 15 is 0 Å². The van der Waals surface area contributed by atoms with Gasteiger partial charge in [-0.3, -0.25) is 4.79 Å². The lowest BCUT2D eigenvalue weighted by molar-refractivity contribution is -0.126. The van der Waals surface area contributed by atoms with E-state index in [2.05, 4.69) is 31.2 Å². The van der Waals surface area contributed by atoms with Crippen molar-refractivity contribution in [3.8, 4) is 0 Å². The molecule has 2 nitrogen and oxygen atoms in total. The lowest BCUT2D eigenvalue weighted by Crippen LogP contribution is -2.24. The van der Waals surface area contributed by atoms with Crippen LogP contribution in [0.25, 0.3) is 0 Å². The van der Waals surface area contributed by atoms with Crippen LogP contribution in [0, 0.1) is 11.8 Å². The van der Waals surface area contributed by atoms with E-state index in [4.69, 9.17) is 4.74 Å². The largest absolute Gasteiger partial charge is 0.378 e. The molecule has 3 rings (SSSR count). The van der Waals surface area contributed by atoms with Crippen LogP contribution in [-0.4, -0.2) is 18.5 Å². The highest BCUT2D eigenvalue weighted by Gasteiger charge is 2.35. The van der Waals surface area contributed by atoms with Gasteiger partial charge in [-0.15, -0.1) is 0 Å². The molecule has 1 aliphatic heterocycles. The summed E-state index contributed by atoms with van der Waals surface area (Å²) in [5.41, 5.74) is 2.72. The fourth-order valence-electron chi connectivity index (χ4n) is 3.11. The second-order valence-electron chi connectivity index (χ2n) is 5.35. The van der Waals surface area contributed by atoms with E-state index in [0.717, 1.165) is 19.3 Å². The summed E-state index contributed by atoms with van der Waals surface area (Å²) in [5.74, 6) is 0.765. The lowest BCUT2D eigenvalue weighted by Gasteiger charge is -2.12. The molecule has 1 heterocycles. The van der Waals surface area contributed by atoms with Crippen LogP contribution in [0.2, 0.25) is 0 Å². The molecule has 2 atom stereocenters. The molecule has 1 aromatic rings. The van der Waals surface area contributed by atoms with Gasteiger partial charge in [0.05, 0.1) is 12.7 Å². The first-order valence-corrected chi connectivity index (χ1v) is 6.46. The minimum absolute atomic E-state index is 0.143.